The van der Waals surface area contributed by atoms with E-state index in [1.807, 2.05) is 45.9 Å². The van der Waals surface area contributed by atoms with E-state index in [1.165, 1.54) is 0 Å². The summed E-state index contributed by atoms with van der Waals surface area (Å²) >= 11 is 0. The first-order valence-electron chi connectivity index (χ1n) is 7.28. The van der Waals surface area contributed by atoms with Crippen LogP contribution in [0.1, 0.15) is 39.7 Å². The zero-order valence-electron chi connectivity index (χ0n) is 13.0. The highest BCUT2D eigenvalue weighted by atomic mass is 28.3. The zero-order chi connectivity index (χ0) is 15.0. The Labute approximate surface area is 124 Å². The lowest BCUT2D eigenvalue weighted by Gasteiger charge is -2.22. The van der Waals surface area contributed by atoms with E-state index in [0.29, 0.717) is 6.54 Å². The number of para-hydroxylation sites is 1. The second-order valence-corrected chi connectivity index (χ2v) is 6.63. The van der Waals surface area contributed by atoms with Gasteiger partial charge in [0.25, 0.3) is 0 Å². The summed E-state index contributed by atoms with van der Waals surface area (Å²) < 4.78 is 17.6. The van der Waals surface area contributed by atoms with Gasteiger partial charge in [-0.1, -0.05) is 18.2 Å². The molecule has 0 saturated carbocycles. The molecule has 0 heterocycles. The molecule has 1 aromatic rings. The predicted octanol–water partition coefficient (Wildman–Crippen LogP) is 2.52. The SMILES string of the molecule is CC(C)O[SiH](Oc1ccccc1CCCN)OC(C)C. The standard InChI is InChI=1S/C15H27NO3Si/c1-12(2)17-20(18-13(3)4)19-15-10-6-5-8-14(15)9-7-11-16/h5-6,8,10,12-13,20H,7,9,11,16H2,1-4H3. The van der Waals surface area contributed by atoms with Crippen LogP contribution >= 0.6 is 0 Å². The van der Waals surface area contributed by atoms with Gasteiger partial charge in [-0.05, 0) is 58.7 Å². The van der Waals surface area contributed by atoms with E-state index in [1.54, 1.807) is 0 Å². The van der Waals surface area contributed by atoms with Crippen LogP contribution in [0.4, 0.5) is 0 Å². The Kier molecular flexibility index (Phi) is 7.83. The quantitative estimate of drug-likeness (QED) is 0.712. The van der Waals surface area contributed by atoms with Crippen molar-refractivity contribution in [3.05, 3.63) is 29.8 Å². The Morgan fingerprint density at radius 3 is 2.20 bits per heavy atom. The van der Waals surface area contributed by atoms with Crippen molar-refractivity contribution in [3.8, 4) is 5.75 Å². The Bertz CT molecular complexity index is 375. The molecule has 0 radical (unpaired) electrons. The van der Waals surface area contributed by atoms with Crippen molar-refractivity contribution in [1.29, 1.82) is 0 Å². The summed E-state index contributed by atoms with van der Waals surface area (Å²) in [4.78, 5) is 0. The lowest BCUT2D eigenvalue weighted by molar-refractivity contribution is 0.0847. The minimum absolute atomic E-state index is 0.0987. The molecular formula is C15H27NO3Si. The number of hydrogen-bond acceptors (Lipinski definition) is 4. The molecule has 5 heteroatoms. The molecule has 0 bridgehead atoms. The second-order valence-electron chi connectivity index (χ2n) is 5.28. The third kappa shape index (κ3) is 6.52. The summed E-state index contributed by atoms with van der Waals surface area (Å²) in [5.74, 6) is 0.860. The van der Waals surface area contributed by atoms with Crippen molar-refractivity contribution in [1.82, 2.24) is 0 Å². The molecule has 0 fully saturated rings. The van der Waals surface area contributed by atoms with E-state index in [9.17, 15) is 0 Å². The molecule has 0 amide bonds. The normalized spacial score (nSPS) is 11.6. The minimum Gasteiger partial charge on any atom is -0.503 e. The van der Waals surface area contributed by atoms with Crippen molar-refractivity contribution in [2.75, 3.05) is 6.54 Å². The molecular weight excluding hydrogens is 270 g/mol. The maximum absolute atomic E-state index is 6.02. The van der Waals surface area contributed by atoms with Gasteiger partial charge >= 0.3 is 9.53 Å². The number of aryl methyl sites for hydroxylation is 1. The molecule has 0 aliphatic rings. The van der Waals surface area contributed by atoms with Gasteiger partial charge < -0.3 is 19.0 Å². The molecule has 0 saturated heterocycles. The van der Waals surface area contributed by atoms with Gasteiger partial charge in [-0.15, -0.1) is 0 Å². The topological polar surface area (TPSA) is 53.7 Å². The van der Waals surface area contributed by atoms with E-state index in [2.05, 4.69) is 6.07 Å². The van der Waals surface area contributed by atoms with Gasteiger partial charge in [0.05, 0.1) is 0 Å². The van der Waals surface area contributed by atoms with E-state index < -0.39 is 9.53 Å². The first-order valence-corrected chi connectivity index (χ1v) is 8.70. The highest BCUT2D eigenvalue weighted by Crippen LogP contribution is 2.21. The van der Waals surface area contributed by atoms with Crippen molar-refractivity contribution in [2.24, 2.45) is 5.73 Å². The number of rotatable bonds is 9. The highest BCUT2D eigenvalue weighted by molar-refractivity contribution is 6.37. The predicted molar refractivity (Wildman–Crippen MR) is 84.0 cm³/mol. The van der Waals surface area contributed by atoms with Crippen LogP contribution in [0, 0.1) is 0 Å². The molecule has 0 aliphatic heterocycles. The Morgan fingerprint density at radius 1 is 1.05 bits per heavy atom. The van der Waals surface area contributed by atoms with Crippen LogP contribution in [0.2, 0.25) is 0 Å². The van der Waals surface area contributed by atoms with Crippen molar-refractivity contribution in [2.45, 2.75) is 52.7 Å². The molecule has 1 rings (SSSR count). The Balaban J connectivity index is 2.75. The molecule has 0 aliphatic carbocycles. The molecule has 0 atom stereocenters. The monoisotopic (exact) mass is 297 g/mol. The molecule has 0 aromatic heterocycles. The van der Waals surface area contributed by atoms with Gasteiger partial charge in [0.2, 0.25) is 0 Å². The van der Waals surface area contributed by atoms with Gasteiger partial charge in [-0.25, -0.2) is 0 Å². The van der Waals surface area contributed by atoms with Crippen LogP contribution in [-0.4, -0.2) is 28.3 Å². The fraction of sp³-hybridized carbons (Fsp3) is 0.600. The van der Waals surface area contributed by atoms with Gasteiger partial charge in [0.1, 0.15) is 5.75 Å². The number of hydrogen-bond donors (Lipinski definition) is 1. The number of nitrogens with two attached hydrogens (primary N) is 1. The van der Waals surface area contributed by atoms with E-state index in [0.717, 1.165) is 24.2 Å². The van der Waals surface area contributed by atoms with Crippen molar-refractivity contribution < 1.29 is 13.3 Å². The minimum atomic E-state index is -2.17. The largest absolute Gasteiger partial charge is 0.550 e. The van der Waals surface area contributed by atoms with Crippen LogP contribution < -0.4 is 10.2 Å². The third-order valence-electron chi connectivity index (χ3n) is 2.61. The summed E-state index contributed by atoms with van der Waals surface area (Å²) in [5, 5.41) is 0. The Hall–Kier alpha value is -0.883. The summed E-state index contributed by atoms with van der Waals surface area (Å²) in [7, 11) is -2.17. The van der Waals surface area contributed by atoms with Crippen molar-refractivity contribution >= 4 is 9.53 Å². The van der Waals surface area contributed by atoms with Crippen LogP contribution in [0.15, 0.2) is 24.3 Å². The maximum atomic E-state index is 6.02. The van der Waals surface area contributed by atoms with Gasteiger partial charge in [-0.2, -0.15) is 0 Å². The van der Waals surface area contributed by atoms with E-state index >= 15 is 0 Å². The number of benzene rings is 1. The Morgan fingerprint density at radius 2 is 1.65 bits per heavy atom. The third-order valence-corrected chi connectivity index (χ3v) is 4.59. The molecule has 2 N–H and O–H groups in total. The lowest BCUT2D eigenvalue weighted by Crippen LogP contribution is -2.35. The second kappa shape index (κ2) is 9.13. The average Bonchev–Trinajstić information content (AvgIpc) is 2.36. The smallest absolute Gasteiger partial charge is 0.503 e. The molecule has 0 unspecified atom stereocenters. The summed E-state index contributed by atoms with van der Waals surface area (Å²) in [6.07, 6.45) is 2.06. The fourth-order valence-corrected chi connectivity index (χ4v) is 3.26. The fourth-order valence-electron chi connectivity index (χ4n) is 1.75. The molecule has 1 aromatic carbocycles. The van der Waals surface area contributed by atoms with Crippen LogP contribution in [0.25, 0.3) is 0 Å². The maximum Gasteiger partial charge on any atom is 0.550 e. The van der Waals surface area contributed by atoms with Gasteiger partial charge in [-0.3, -0.25) is 0 Å². The van der Waals surface area contributed by atoms with Crippen molar-refractivity contribution in [3.63, 3.8) is 0 Å². The van der Waals surface area contributed by atoms with Crippen LogP contribution in [0.5, 0.6) is 5.75 Å². The molecule has 0 spiro atoms. The highest BCUT2D eigenvalue weighted by Gasteiger charge is 2.22. The zero-order valence-corrected chi connectivity index (χ0v) is 14.1. The first kappa shape index (κ1) is 17.2. The summed E-state index contributed by atoms with van der Waals surface area (Å²) in [6, 6.07) is 8.03. The molecule has 114 valence electrons. The average molecular weight is 297 g/mol. The lowest BCUT2D eigenvalue weighted by atomic mass is 10.1. The van der Waals surface area contributed by atoms with E-state index in [4.69, 9.17) is 19.0 Å². The van der Waals surface area contributed by atoms with Gasteiger partial charge in [0.15, 0.2) is 0 Å². The van der Waals surface area contributed by atoms with E-state index in [-0.39, 0.29) is 12.2 Å². The molecule has 4 nitrogen and oxygen atoms in total. The summed E-state index contributed by atoms with van der Waals surface area (Å²) in [5.41, 5.74) is 6.74. The van der Waals surface area contributed by atoms with Crippen LogP contribution in [0.3, 0.4) is 0 Å². The van der Waals surface area contributed by atoms with Gasteiger partial charge in [0, 0.05) is 12.2 Å². The summed E-state index contributed by atoms with van der Waals surface area (Å²) in [6.45, 7) is 8.65. The molecule has 20 heavy (non-hydrogen) atoms. The first-order chi connectivity index (χ1) is 9.52. The van der Waals surface area contributed by atoms with Crippen LogP contribution in [-0.2, 0) is 15.3 Å².